The molecule has 0 aliphatic heterocycles. The van der Waals surface area contributed by atoms with Gasteiger partial charge in [-0.25, -0.2) is 0 Å². The van der Waals surface area contributed by atoms with Gasteiger partial charge in [-0.3, -0.25) is 9.59 Å². The molecule has 0 radical (unpaired) electrons. The summed E-state index contributed by atoms with van der Waals surface area (Å²) in [5, 5.41) is 23.9. The molecule has 3 aromatic rings. The Hall–Kier alpha value is -3.66. The first-order chi connectivity index (χ1) is 16.9. The topological polar surface area (TPSA) is 117 Å². The Labute approximate surface area is 205 Å². The lowest BCUT2D eigenvalue weighted by atomic mass is 10.0. The van der Waals surface area contributed by atoms with Crippen LogP contribution in [0.4, 0.5) is 0 Å². The average molecular weight is 476 g/mol. The van der Waals surface area contributed by atoms with Crippen molar-refractivity contribution in [2.45, 2.75) is 26.1 Å². The molecule has 0 saturated carbocycles. The Morgan fingerprint density at radius 1 is 0.886 bits per heavy atom. The minimum Gasteiger partial charge on any atom is -0.497 e. The van der Waals surface area contributed by atoms with Crippen molar-refractivity contribution >= 4 is 19.1 Å². The summed E-state index contributed by atoms with van der Waals surface area (Å²) in [5.74, 6) is -1.43. The molecule has 3 aromatic carbocycles. The summed E-state index contributed by atoms with van der Waals surface area (Å²) >= 11 is 0. The molecule has 4 N–H and O–H groups in total. The van der Waals surface area contributed by atoms with Gasteiger partial charge < -0.3 is 30.1 Å². The van der Waals surface area contributed by atoms with E-state index in [0.717, 1.165) is 22.3 Å². The van der Waals surface area contributed by atoms with Crippen molar-refractivity contribution in [3.05, 3.63) is 90.0 Å². The van der Waals surface area contributed by atoms with Crippen molar-refractivity contribution in [3.8, 4) is 16.9 Å². The minimum absolute atomic E-state index is 0.177. The highest BCUT2D eigenvalue weighted by Crippen LogP contribution is 2.20. The molecule has 0 aliphatic rings. The van der Waals surface area contributed by atoms with Gasteiger partial charge in [0, 0.05) is 13.0 Å². The lowest BCUT2D eigenvalue weighted by Gasteiger charge is -2.22. The first kappa shape index (κ1) is 26.0. The molecule has 182 valence electrons. The van der Waals surface area contributed by atoms with Crippen LogP contribution < -0.4 is 15.4 Å². The zero-order valence-corrected chi connectivity index (χ0v) is 19.7. The Morgan fingerprint density at radius 2 is 1.57 bits per heavy atom. The summed E-state index contributed by atoms with van der Waals surface area (Å²) in [7, 11) is -0.523. The van der Waals surface area contributed by atoms with E-state index in [-0.39, 0.29) is 13.0 Å². The first-order valence-electron chi connectivity index (χ1n) is 11.2. The van der Waals surface area contributed by atoms with Gasteiger partial charge in [0.25, 0.3) is 0 Å². The predicted molar refractivity (Wildman–Crippen MR) is 133 cm³/mol. The van der Waals surface area contributed by atoms with Gasteiger partial charge in [-0.15, -0.1) is 0 Å². The van der Waals surface area contributed by atoms with Crippen LogP contribution in [0.3, 0.4) is 0 Å². The Morgan fingerprint density at radius 3 is 2.23 bits per heavy atom. The van der Waals surface area contributed by atoms with E-state index in [1.165, 1.54) is 6.92 Å². The smallest absolute Gasteiger partial charge is 0.497 e. The van der Waals surface area contributed by atoms with E-state index in [1.807, 2.05) is 66.7 Å². The van der Waals surface area contributed by atoms with Crippen LogP contribution >= 0.6 is 0 Å². The van der Waals surface area contributed by atoms with Gasteiger partial charge in [0.2, 0.25) is 11.8 Å². The summed E-state index contributed by atoms with van der Waals surface area (Å²) in [4.78, 5) is 25.2. The van der Waals surface area contributed by atoms with Gasteiger partial charge in [0.15, 0.2) is 0 Å². The Bertz CT molecular complexity index is 1110. The van der Waals surface area contributed by atoms with E-state index in [9.17, 15) is 19.6 Å². The monoisotopic (exact) mass is 476 g/mol. The van der Waals surface area contributed by atoms with Gasteiger partial charge in [-0.2, -0.15) is 0 Å². The largest absolute Gasteiger partial charge is 0.635 e. The maximum atomic E-state index is 12.7. The highest BCUT2D eigenvalue weighted by Gasteiger charge is 2.26. The molecule has 0 heterocycles. The molecule has 0 fully saturated rings. The molecular weight excluding hydrogens is 447 g/mol. The third-order valence-electron chi connectivity index (χ3n) is 5.46. The second-order valence-corrected chi connectivity index (χ2v) is 8.02. The first-order valence-corrected chi connectivity index (χ1v) is 11.2. The van der Waals surface area contributed by atoms with Crippen LogP contribution in [0.2, 0.25) is 0 Å². The van der Waals surface area contributed by atoms with Gasteiger partial charge >= 0.3 is 7.32 Å². The average Bonchev–Trinajstić information content (AvgIpc) is 2.87. The zero-order chi connectivity index (χ0) is 25.2. The van der Waals surface area contributed by atoms with Crippen molar-refractivity contribution < 1.29 is 29.0 Å². The normalized spacial score (nSPS) is 12.3. The molecule has 9 heteroatoms. The highest BCUT2D eigenvalue weighted by molar-refractivity contribution is 6.32. The fraction of sp³-hybridized carbons (Fsp3) is 0.231. The Balaban J connectivity index is 1.58. The van der Waals surface area contributed by atoms with E-state index < -0.39 is 31.3 Å². The summed E-state index contributed by atoms with van der Waals surface area (Å²) in [5.41, 5.74) is 3.73. The number of hydrogen-bond donors (Lipinski definition) is 4. The molecule has 0 bridgehead atoms. The van der Waals surface area contributed by atoms with Crippen LogP contribution in [0.15, 0.2) is 78.9 Å². The third kappa shape index (κ3) is 7.96. The van der Waals surface area contributed by atoms with Crippen molar-refractivity contribution in [1.82, 2.24) is 10.6 Å². The molecular formula is C26H29BN2O6. The predicted octanol–water partition coefficient (Wildman–Crippen LogP) is 2.29. The molecule has 0 aromatic heterocycles. The maximum absolute atomic E-state index is 12.7. The number of rotatable bonds is 11. The molecule has 3 rings (SSSR count). The second-order valence-electron chi connectivity index (χ2n) is 8.02. The van der Waals surface area contributed by atoms with Gasteiger partial charge in [-0.05, 0) is 41.3 Å². The molecule has 1 unspecified atom stereocenters. The van der Waals surface area contributed by atoms with Crippen LogP contribution in [0.25, 0.3) is 11.1 Å². The number of methoxy groups -OCH3 is 1. The van der Waals surface area contributed by atoms with Gasteiger partial charge in [-0.1, -0.05) is 66.7 Å². The summed E-state index contributed by atoms with van der Waals surface area (Å²) in [6.07, 6.45) is -0.866. The second kappa shape index (κ2) is 12.7. The van der Waals surface area contributed by atoms with Gasteiger partial charge in [0.1, 0.15) is 17.9 Å². The van der Waals surface area contributed by atoms with Crippen LogP contribution in [-0.2, 0) is 27.2 Å². The molecule has 0 spiro atoms. The van der Waals surface area contributed by atoms with E-state index in [2.05, 4.69) is 10.6 Å². The van der Waals surface area contributed by atoms with Crippen molar-refractivity contribution in [1.29, 1.82) is 0 Å². The number of nitrogens with one attached hydrogen (secondary N) is 2. The summed E-state index contributed by atoms with van der Waals surface area (Å²) in [6, 6.07) is 24.7. The lowest BCUT2D eigenvalue weighted by molar-refractivity contribution is -0.136. The standard InChI is InChI=1S/C26H29BN2O6/c1-18(25(30)28-17-20-7-6-10-23(15-20)34-2)26(31)29-24(35-27(32)33)16-19-11-13-22(14-12-19)21-8-4-3-5-9-21/h3-15,18,24,32-33H,16-17H2,1-2H3,(H,28,30)(H,29,31)/t18?,24-/m1/s1. The number of ether oxygens (including phenoxy) is 1. The van der Waals surface area contributed by atoms with E-state index >= 15 is 0 Å². The molecule has 0 saturated heterocycles. The third-order valence-corrected chi connectivity index (χ3v) is 5.46. The van der Waals surface area contributed by atoms with Crippen LogP contribution in [0.5, 0.6) is 5.75 Å². The highest BCUT2D eigenvalue weighted by atomic mass is 16.6. The number of carbonyl (C=O) groups is 2. The number of hydrogen-bond acceptors (Lipinski definition) is 6. The summed E-state index contributed by atoms with van der Waals surface area (Å²) in [6.45, 7) is 1.70. The van der Waals surface area contributed by atoms with E-state index in [4.69, 9.17) is 9.39 Å². The minimum atomic E-state index is -2.08. The molecule has 0 aliphatic carbocycles. The number of carbonyl (C=O) groups excluding carboxylic acids is 2. The lowest BCUT2D eigenvalue weighted by Crippen LogP contribution is -2.47. The molecule has 8 nitrogen and oxygen atoms in total. The maximum Gasteiger partial charge on any atom is 0.635 e. The molecule has 2 atom stereocenters. The molecule has 2 amide bonds. The van der Waals surface area contributed by atoms with E-state index in [1.54, 1.807) is 19.2 Å². The van der Waals surface area contributed by atoms with Crippen molar-refractivity contribution in [2.75, 3.05) is 7.11 Å². The quantitative estimate of drug-likeness (QED) is 0.192. The van der Waals surface area contributed by atoms with E-state index in [0.29, 0.717) is 5.75 Å². The fourth-order valence-corrected chi connectivity index (χ4v) is 3.49. The zero-order valence-electron chi connectivity index (χ0n) is 19.7. The SMILES string of the molecule is COc1cccc(CNC(=O)C(C)C(=O)N[C@@H](Cc2ccc(-c3ccccc3)cc2)OB(O)O)c1. The fourth-order valence-electron chi connectivity index (χ4n) is 3.49. The van der Waals surface area contributed by atoms with Crippen LogP contribution in [-0.4, -0.2) is 42.5 Å². The Kier molecular flexibility index (Phi) is 9.43. The van der Waals surface area contributed by atoms with Gasteiger partial charge in [0.05, 0.1) is 7.11 Å². The van der Waals surface area contributed by atoms with Crippen molar-refractivity contribution in [3.63, 3.8) is 0 Å². The van der Waals surface area contributed by atoms with Crippen molar-refractivity contribution in [2.24, 2.45) is 5.92 Å². The summed E-state index contributed by atoms with van der Waals surface area (Å²) < 4.78 is 10.2. The van der Waals surface area contributed by atoms with Crippen LogP contribution in [0, 0.1) is 5.92 Å². The number of amides is 2. The van der Waals surface area contributed by atoms with Crippen LogP contribution in [0.1, 0.15) is 18.1 Å². The number of benzene rings is 3. The molecule has 35 heavy (non-hydrogen) atoms.